The molecular formula is C20H24F3N3O3. The number of methoxy groups -OCH3 is 1. The van der Waals surface area contributed by atoms with E-state index in [0.29, 0.717) is 44.7 Å². The summed E-state index contributed by atoms with van der Waals surface area (Å²) in [6.45, 7) is 1.99. The highest BCUT2D eigenvalue weighted by molar-refractivity contribution is 5.78. The quantitative estimate of drug-likeness (QED) is 0.823. The Morgan fingerprint density at radius 2 is 2.07 bits per heavy atom. The number of rotatable bonds is 4. The van der Waals surface area contributed by atoms with Gasteiger partial charge in [-0.1, -0.05) is 0 Å². The molecule has 2 fully saturated rings. The van der Waals surface area contributed by atoms with Crippen LogP contribution >= 0.6 is 0 Å². The summed E-state index contributed by atoms with van der Waals surface area (Å²) in [6, 6.07) is 5.38. The Bertz CT molecular complexity index is 798. The first-order valence-corrected chi connectivity index (χ1v) is 9.48. The van der Waals surface area contributed by atoms with Gasteiger partial charge in [-0.2, -0.15) is 18.4 Å². The average molecular weight is 411 g/mol. The van der Waals surface area contributed by atoms with E-state index in [-0.39, 0.29) is 30.5 Å². The number of nitriles is 1. The van der Waals surface area contributed by atoms with Crippen LogP contribution in [-0.2, 0) is 15.7 Å². The molecule has 0 radical (unpaired) electrons. The second-order valence-corrected chi connectivity index (χ2v) is 7.78. The number of benzene rings is 1. The van der Waals surface area contributed by atoms with Crippen LogP contribution in [0.3, 0.4) is 0 Å². The Kier molecular flexibility index (Phi) is 6.05. The van der Waals surface area contributed by atoms with E-state index in [0.717, 1.165) is 6.07 Å². The maximum absolute atomic E-state index is 13.3. The summed E-state index contributed by atoms with van der Waals surface area (Å²) in [5.74, 6) is -0.177. The molecular weight excluding hydrogens is 387 g/mol. The van der Waals surface area contributed by atoms with Crippen molar-refractivity contribution in [1.82, 2.24) is 4.90 Å². The Morgan fingerprint density at radius 3 is 2.62 bits per heavy atom. The third-order valence-corrected chi connectivity index (χ3v) is 6.21. The number of amides is 1. The number of halogens is 3. The van der Waals surface area contributed by atoms with Gasteiger partial charge in [-0.05, 0) is 36.5 Å². The highest BCUT2D eigenvalue weighted by atomic mass is 19.4. The molecule has 2 aliphatic heterocycles. The third-order valence-electron chi connectivity index (χ3n) is 6.21. The van der Waals surface area contributed by atoms with Gasteiger partial charge < -0.3 is 19.6 Å². The number of piperidine rings is 1. The molecule has 0 bridgehead atoms. The molecule has 9 heteroatoms. The molecule has 0 aliphatic carbocycles. The van der Waals surface area contributed by atoms with Gasteiger partial charge in [-0.15, -0.1) is 0 Å². The number of carbonyl (C=O) groups excluding carboxylic acids is 1. The SMILES string of the molecule is COCC(=O)N1CC(CO)C2(CCN(c3ccc(C#N)c(C(F)(F)F)c3)CC2)C1. The lowest BCUT2D eigenvalue weighted by Gasteiger charge is -2.43. The molecule has 1 aromatic carbocycles. The molecule has 1 spiro atoms. The van der Waals surface area contributed by atoms with Gasteiger partial charge in [0.2, 0.25) is 5.91 Å². The lowest BCUT2D eigenvalue weighted by molar-refractivity contribution is -0.137. The predicted octanol–water partition coefficient (Wildman–Crippen LogP) is 2.26. The van der Waals surface area contributed by atoms with Crippen molar-refractivity contribution in [2.75, 3.05) is 51.4 Å². The van der Waals surface area contributed by atoms with Crippen LogP contribution in [0.5, 0.6) is 0 Å². The van der Waals surface area contributed by atoms with E-state index in [1.165, 1.54) is 13.2 Å². The number of hydrogen-bond acceptors (Lipinski definition) is 5. The number of nitrogens with zero attached hydrogens (tertiary/aromatic N) is 3. The van der Waals surface area contributed by atoms with E-state index in [4.69, 9.17) is 10.00 Å². The monoisotopic (exact) mass is 411 g/mol. The van der Waals surface area contributed by atoms with Crippen LogP contribution in [0.2, 0.25) is 0 Å². The lowest BCUT2D eigenvalue weighted by atomic mass is 9.71. The molecule has 1 atom stereocenters. The summed E-state index contributed by atoms with van der Waals surface area (Å²) in [6.07, 6.45) is -3.26. The summed E-state index contributed by atoms with van der Waals surface area (Å²) in [4.78, 5) is 15.8. The van der Waals surface area contributed by atoms with Gasteiger partial charge in [0.05, 0.1) is 17.2 Å². The van der Waals surface area contributed by atoms with Gasteiger partial charge in [0.25, 0.3) is 0 Å². The maximum atomic E-state index is 13.3. The molecule has 1 N–H and O–H groups in total. The van der Waals surface area contributed by atoms with Gasteiger partial charge >= 0.3 is 6.18 Å². The van der Waals surface area contributed by atoms with Gasteiger partial charge in [-0.3, -0.25) is 4.79 Å². The van der Waals surface area contributed by atoms with Crippen molar-refractivity contribution in [3.63, 3.8) is 0 Å². The van der Waals surface area contributed by atoms with E-state index >= 15 is 0 Å². The van der Waals surface area contributed by atoms with Crippen molar-refractivity contribution in [3.8, 4) is 6.07 Å². The van der Waals surface area contributed by atoms with Crippen molar-refractivity contribution in [2.45, 2.75) is 19.0 Å². The average Bonchev–Trinajstić information content (AvgIpc) is 3.06. The fourth-order valence-electron chi connectivity index (χ4n) is 4.53. The first-order valence-electron chi connectivity index (χ1n) is 9.48. The molecule has 29 heavy (non-hydrogen) atoms. The molecule has 6 nitrogen and oxygen atoms in total. The Morgan fingerprint density at radius 1 is 1.38 bits per heavy atom. The second-order valence-electron chi connectivity index (χ2n) is 7.78. The molecule has 1 unspecified atom stereocenters. The van der Waals surface area contributed by atoms with E-state index < -0.39 is 17.3 Å². The highest BCUT2D eigenvalue weighted by Crippen LogP contribution is 2.45. The first-order chi connectivity index (χ1) is 13.7. The molecule has 1 aromatic rings. The molecule has 0 saturated carbocycles. The van der Waals surface area contributed by atoms with E-state index in [9.17, 15) is 23.1 Å². The summed E-state index contributed by atoms with van der Waals surface area (Å²) in [5.41, 5.74) is -1.13. The first kappa shape index (κ1) is 21.4. The Hall–Kier alpha value is -2.31. The number of aliphatic hydroxyl groups excluding tert-OH is 1. The standard InChI is InChI=1S/C20H24F3N3O3/c1-29-12-18(28)26-10-15(11-27)19(13-26)4-6-25(7-5-19)16-3-2-14(9-24)17(8-16)20(21,22)23/h2-3,8,15,27H,4-7,10-13H2,1H3. The zero-order chi connectivity index (χ0) is 21.2. The number of aliphatic hydroxyl groups is 1. The molecule has 3 rings (SSSR count). The maximum Gasteiger partial charge on any atom is 0.417 e. The summed E-state index contributed by atoms with van der Waals surface area (Å²) in [7, 11) is 1.46. The van der Waals surface area contributed by atoms with Gasteiger partial charge in [-0.25, -0.2) is 0 Å². The second kappa shape index (κ2) is 8.20. The van der Waals surface area contributed by atoms with Crippen LogP contribution in [-0.4, -0.2) is 62.4 Å². The lowest BCUT2D eigenvalue weighted by Crippen LogP contribution is -2.45. The minimum Gasteiger partial charge on any atom is -0.396 e. The fraction of sp³-hybridized carbons (Fsp3) is 0.600. The predicted molar refractivity (Wildman–Crippen MR) is 99.1 cm³/mol. The normalized spacial score (nSPS) is 21.4. The zero-order valence-corrected chi connectivity index (χ0v) is 16.2. The molecule has 0 aromatic heterocycles. The van der Waals surface area contributed by atoms with E-state index in [1.807, 2.05) is 4.90 Å². The van der Waals surface area contributed by atoms with Crippen LogP contribution in [0.1, 0.15) is 24.0 Å². The van der Waals surface area contributed by atoms with Crippen molar-refractivity contribution in [3.05, 3.63) is 29.3 Å². The van der Waals surface area contributed by atoms with Gasteiger partial charge in [0.15, 0.2) is 0 Å². The summed E-state index contributed by atoms with van der Waals surface area (Å²) in [5, 5.41) is 18.8. The molecule has 2 saturated heterocycles. The number of alkyl halides is 3. The number of hydrogen-bond donors (Lipinski definition) is 1. The van der Waals surface area contributed by atoms with Crippen LogP contribution in [0.25, 0.3) is 0 Å². The fourth-order valence-corrected chi connectivity index (χ4v) is 4.53. The van der Waals surface area contributed by atoms with Gasteiger partial charge in [0.1, 0.15) is 6.61 Å². The van der Waals surface area contributed by atoms with Gasteiger partial charge in [0, 0.05) is 51.5 Å². The number of ether oxygens (including phenoxy) is 1. The largest absolute Gasteiger partial charge is 0.417 e. The van der Waals surface area contributed by atoms with Crippen molar-refractivity contribution in [2.24, 2.45) is 11.3 Å². The molecule has 1 amide bonds. The molecule has 2 aliphatic rings. The van der Waals surface area contributed by atoms with Crippen LogP contribution in [0, 0.1) is 22.7 Å². The zero-order valence-electron chi connectivity index (χ0n) is 16.2. The van der Waals surface area contributed by atoms with Crippen LogP contribution < -0.4 is 4.90 Å². The van der Waals surface area contributed by atoms with Crippen molar-refractivity contribution in [1.29, 1.82) is 5.26 Å². The topological polar surface area (TPSA) is 76.8 Å². The van der Waals surface area contributed by atoms with E-state index in [1.54, 1.807) is 17.0 Å². The number of carbonyl (C=O) groups is 1. The summed E-state index contributed by atoms with van der Waals surface area (Å²) < 4.78 is 44.7. The summed E-state index contributed by atoms with van der Waals surface area (Å²) >= 11 is 0. The third kappa shape index (κ3) is 4.19. The van der Waals surface area contributed by atoms with Crippen molar-refractivity contribution >= 4 is 11.6 Å². The van der Waals surface area contributed by atoms with Crippen LogP contribution in [0.4, 0.5) is 18.9 Å². The highest BCUT2D eigenvalue weighted by Gasteiger charge is 2.49. The Labute approximate surface area is 167 Å². The minimum atomic E-state index is -4.59. The Balaban J connectivity index is 1.75. The van der Waals surface area contributed by atoms with E-state index in [2.05, 4.69) is 0 Å². The minimum absolute atomic E-state index is 0.00812. The molecule has 158 valence electrons. The smallest absolute Gasteiger partial charge is 0.396 e. The molecule has 2 heterocycles. The van der Waals surface area contributed by atoms with Crippen LogP contribution in [0.15, 0.2) is 18.2 Å². The number of anilines is 1. The van der Waals surface area contributed by atoms with Crippen molar-refractivity contribution < 1.29 is 27.8 Å². The number of likely N-dealkylation sites (tertiary alicyclic amines) is 1.